The summed E-state index contributed by atoms with van der Waals surface area (Å²) in [5.74, 6) is -0.0835. The molecule has 3 rings (SSSR count). The molecule has 0 bridgehead atoms. The number of rotatable bonds is 5. The smallest absolute Gasteiger partial charge is 0.246 e. The van der Waals surface area contributed by atoms with E-state index < -0.39 is 5.60 Å². The Bertz CT molecular complexity index is 744. The summed E-state index contributed by atoms with van der Waals surface area (Å²) in [7, 11) is 0. The minimum Gasteiger partial charge on any atom is -0.393 e. The molecule has 5 nitrogen and oxygen atoms in total. The van der Waals surface area contributed by atoms with Crippen molar-refractivity contribution in [2.24, 2.45) is 0 Å². The van der Waals surface area contributed by atoms with Crippen LogP contribution in [0.3, 0.4) is 0 Å². The van der Waals surface area contributed by atoms with Crippen molar-refractivity contribution in [1.29, 1.82) is 0 Å². The summed E-state index contributed by atoms with van der Waals surface area (Å²) in [4.78, 5) is 18.6. The number of benzene rings is 1. The Hall–Kier alpha value is -2.02. The first-order valence-electron chi connectivity index (χ1n) is 8.28. The molecule has 1 saturated heterocycles. The van der Waals surface area contributed by atoms with Crippen molar-refractivity contribution in [2.75, 3.05) is 26.3 Å². The third-order valence-corrected chi connectivity index (χ3v) is 5.04. The number of aryl methyl sites for hydroxylation is 1. The second-order valence-corrected chi connectivity index (χ2v) is 7.30. The van der Waals surface area contributed by atoms with Gasteiger partial charge in [0.2, 0.25) is 5.91 Å². The molecule has 132 valence electrons. The Morgan fingerprint density at radius 1 is 1.44 bits per heavy atom. The van der Waals surface area contributed by atoms with Gasteiger partial charge in [0.05, 0.1) is 30.5 Å². The highest BCUT2D eigenvalue weighted by molar-refractivity contribution is 7.09. The van der Waals surface area contributed by atoms with Crippen molar-refractivity contribution in [2.45, 2.75) is 18.9 Å². The third-order valence-electron chi connectivity index (χ3n) is 4.25. The van der Waals surface area contributed by atoms with E-state index in [1.807, 2.05) is 42.6 Å². The average molecular weight is 358 g/mol. The van der Waals surface area contributed by atoms with Gasteiger partial charge in [-0.1, -0.05) is 30.3 Å². The van der Waals surface area contributed by atoms with Gasteiger partial charge in [-0.2, -0.15) is 0 Å². The molecule has 0 saturated carbocycles. The largest absolute Gasteiger partial charge is 0.393 e. The number of aliphatic hydroxyl groups excluding tert-OH is 1. The number of carbonyl (C=O) groups excluding carboxylic acids is 1. The Labute approximate surface area is 151 Å². The van der Waals surface area contributed by atoms with Crippen LogP contribution in [0, 0.1) is 6.92 Å². The number of aromatic nitrogens is 1. The first-order chi connectivity index (χ1) is 12.1. The molecule has 1 atom stereocenters. The number of amides is 1. The zero-order valence-corrected chi connectivity index (χ0v) is 15.0. The van der Waals surface area contributed by atoms with E-state index in [1.165, 1.54) is 0 Å². The highest BCUT2D eigenvalue weighted by Gasteiger charge is 2.37. The number of thiazole rings is 1. The lowest BCUT2D eigenvalue weighted by atomic mass is 9.93. The van der Waals surface area contributed by atoms with E-state index in [2.05, 4.69) is 4.98 Å². The molecule has 0 aliphatic carbocycles. The number of aliphatic hydroxyl groups is 1. The summed E-state index contributed by atoms with van der Waals surface area (Å²) in [6.07, 6.45) is 3.85. The monoisotopic (exact) mass is 358 g/mol. The number of carbonyl (C=O) groups is 1. The van der Waals surface area contributed by atoms with Crippen LogP contribution in [-0.4, -0.2) is 52.8 Å². The topological polar surface area (TPSA) is 62.7 Å². The van der Waals surface area contributed by atoms with Gasteiger partial charge in [0, 0.05) is 24.4 Å². The second-order valence-electron chi connectivity index (χ2n) is 6.24. The van der Waals surface area contributed by atoms with Crippen molar-refractivity contribution in [1.82, 2.24) is 9.88 Å². The lowest BCUT2D eigenvalue weighted by molar-refractivity contribution is -0.153. The molecule has 1 fully saturated rings. The number of ether oxygens (including phenoxy) is 1. The van der Waals surface area contributed by atoms with Crippen molar-refractivity contribution < 1.29 is 14.6 Å². The molecule has 2 aromatic rings. The first kappa shape index (κ1) is 17.8. The Kier molecular flexibility index (Phi) is 5.63. The molecule has 0 spiro atoms. The fraction of sp³-hybridized carbons (Fsp3) is 0.368. The van der Waals surface area contributed by atoms with Crippen LogP contribution in [0.5, 0.6) is 0 Å². The third kappa shape index (κ3) is 4.54. The number of nitrogens with zero attached hydrogens (tertiary/aromatic N) is 2. The van der Waals surface area contributed by atoms with Gasteiger partial charge >= 0.3 is 0 Å². The maximum Gasteiger partial charge on any atom is 0.246 e. The fourth-order valence-electron chi connectivity index (χ4n) is 2.98. The molecule has 1 aliphatic rings. The maximum atomic E-state index is 12.5. The highest BCUT2D eigenvalue weighted by atomic mass is 32.1. The minimum atomic E-state index is -0.750. The van der Waals surface area contributed by atoms with Gasteiger partial charge in [-0.3, -0.25) is 4.79 Å². The van der Waals surface area contributed by atoms with Crippen LogP contribution in [0.25, 0.3) is 6.08 Å². The molecule has 2 heterocycles. The molecule has 1 N–H and O–H groups in total. The van der Waals surface area contributed by atoms with E-state index in [9.17, 15) is 9.90 Å². The molecular formula is C19H22N2O3S. The summed E-state index contributed by atoms with van der Waals surface area (Å²) in [5.41, 5.74) is 1.13. The van der Waals surface area contributed by atoms with Crippen LogP contribution in [-0.2, 0) is 16.0 Å². The molecule has 1 aliphatic heterocycles. The summed E-state index contributed by atoms with van der Waals surface area (Å²) in [6.45, 7) is 3.13. The lowest BCUT2D eigenvalue weighted by Gasteiger charge is -2.41. The maximum absolute atomic E-state index is 12.5. The molecule has 0 radical (unpaired) electrons. The van der Waals surface area contributed by atoms with Crippen molar-refractivity contribution in [3.05, 3.63) is 58.1 Å². The zero-order chi connectivity index (χ0) is 17.7. The van der Waals surface area contributed by atoms with Crippen LogP contribution < -0.4 is 0 Å². The van der Waals surface area contributed by atoms with Gasteiger partial charge in [-0.25, -0.2) is 4.98 Å². The van der Waals surface area contributed by atoms with Gasteiger partial charge in [0.15, 0.2) is 0 Å². The quantitative estimate of drug-likeness (QED) is 0.833. The second kappa shape index (κ2) is 7.91. The van der Waals surface area contributed by atoms with Crippen molar-refractivity contribution in [3.63, 3.8) is 0 Å². The molecule has 1 amide bonds. The molecule has 6 heteroatoms. The summed E-state index contributed by atoms with van der Waals surface area (Å²) < 4.78 is 5.89. The van der Waals surface area contributed by atoms with Gasteiger partial charge in [-0.15, -0.1) is 11.3 Å². The number of hydrogen-bond donors (Lipinski definition) is 1. The minimum absolute atomic E-state index is 0.0835. The van der Waals surface area contributed by atoms with Crippen LogP contribution in [0.1, 0.15) is 16.3 Å². The van der Waals surface area contributed by atoms with Crippen LogP contribution >= 0.6 is 11.3 Å². The molecule has 25 heavy (non-hydrogen) atoms. The summed E-state index contributed by atoms with van der Waals surface area (Å²) >= 11 is 1.56. The van der Waals surface area contributed by atoms with Gasteiger partial charge in [0.25, 0.3) is 0 Å². The van der Waals surface area contributed by atoms with Gasteiger partial charge in [-0.05, 0) is 18.6 Å². The first-order valence-corrected chi connectivity index (χ1v) is 9.16. The van der Waals surface area contributed by atoms with Crippen LogP contribution in [0.15, 0.2) is 41.8 Å². The summed E-state index contributed by atoms with van der Waals surface area (Å²) in [6, 6.07) is 9.89. The van der Waals surface area contributed by atoms with E-state index in [1.54, 1.807) is 28.4 Å². The van der Waals surface area contributed by atoms with Gasteiger partial charge in [0.1, 0.15) is 5.60 Å². The fourth-order valence-corrected chi connectivity index (χ4v) is 3.56. The Morgan fingerprint density at radius 2 is 2.24 bits per heavy atom. The van der Waals surface area contributed by atoms with Crippen molar-refractivity contribution >= 4 is 23.3 Å². The highest BCUT2D eigenvalue weighted by Crippen LogP contribution is 2.23. The summed E-state index contributed by atoms with van der Waals surface area (Å²) in [5, 5.41) is 12.8. The van der Waals surface area contributed by atoms with Gasteiger partial charge < -0.3 is 14.7 Å². The van der Waals surface area contributed by atoms with E-state index in [4.69, 9.17) is 4.74 Å². The Morgan fingerprint density at radius 3 is 2.92 bits per heavy atom. The van der Waals surface area contributed by atoms with E-state index >= 15 is 0 Å². The Balaban J connectivity index is 1.68. The van der Waals surface area contributed by atoms with E-state index in [-0.39, 0.29) is 12.5 Å². The number of hydrogen-bond acceptors (Lipinski definition) is 5. The van der Waals surface area contributed by atoms with Crippen LogP contribution in [0.4, 0.5) is 0 Å². The zero-order valence-electron chi connectivity index (χ0n) is 14.2. The molecular weight excluding hydrogens is 336 g/mol. The van der Waals surface area contributed by atoms with E-state index in [0.29, 0.717) is 26.1 Å². The average Bonchev–Trinajstić information content (AvgIpc) is 3.06. The SMILES string of the molecule is Cc1nc(/C=C/C(=O)N2CCO[C@](CO)(Cc3ccccc3)C2)cs1. The van der Waals surface area contributed by atoms with Crippen molar-refractivity contribution in [3.8, 4) is 0 Å². The molecule has 0 unspecified atom stereocenters. The molecule has 1 aromatic heterocycles. The predicted octanol–water partition coefficient (Wildman–Crippen LogP) is 2.30. The number of morpholine rings is 1. The predicted molar refractivity (Wildman–Crippen MR) is 98.4 cm³/mol. The normalized spacial score (nSPS) is 21.0. The standard InChI is InChI=1S/C19H22N2O3S/c1-15-20-17(12-25-15)7-8-18(23)21-9-10-24-19(13-21,14-22)11-16-5-3-2-4-6-16/h2-8,12,22H,9-11,13-14H2,1H3/b8-7+/t19-/m1/s1. The molecule has 1 aromatic carbocycles. The van der Waals surface area contributed by atoms with E-state index in [0.717, 1.165) is 16.3 Å². The van der Waals surface area contributed by atoms with Crippen LogP contribution in [0.2, 0.25) is 0 Å². The lowest BCUT2D eigenvalue weighted by Crippen LogP contribution is -2.56.